The van der Waals surface area contributed by atoms with Crippen LogP contribution in [0.1, 0.15) is 5.56 Å². The Morgan fingerprint density at radius 2 is 2.15 bits per heavy atom. The van der Waals surface area contributed by atoms with E-state index < -0.39 is 11.6 Å². The van der Waals surface area contributed by atoms with Gasteiger partial charge in [-0.05, 0) is 28.1 Å². The third-order valence-electron chi connectivity index (χ3n) is 1.40. The standard InChI is InChI=1S/C8H7BrF2N2/c1-12-13-4-5-7(10)3-2-6(9)8(5)11/h2-4,12H,1H3/b13-4+. The highest BCUT2D eigenvalue weighted by Crippen LogP contribution is 2.19. The van der Waals surface area contributed by atoms with Gasteiger partial charge in [0.05, 0.1) is 16.3 Å². The molecule has 0 saturated carbocycles. The fraction of sp³-hybridized carbons (Fsp3) is 0.125. The first-order chi connectivity index (χ1) is 6.16. The largest absolute Gasteiger partial charge is 0.313 e. The van der Waals surface area contributed by atoms with Crippen LogP contribution in [0.15, 0.2) is 21.7 Å². The molecule has 0 aromatic heterocycles. The summed E-state index contributed by atoms with van der Waals surface area (Å²) in [4.78, 5) is 0. The number of rotatable bonds is 2. The summed E-state index contributed by atoms with van der Waals surface area (Å²) in [6, 6.07) is 2.48. The van der Waals surface area contributed by atoms with Crippen LogP contribution in [0.5, 0.6) is 0 Å². The molecular weight excluding hydrogens is 242 g/mol. The molecule has 13 heavy (non-hydrogen) atoms. The molecule has 0 spiro atoms. The van der Waals surface area contributed by atoms with Gasteiger partial charge in [0.25, 0.3) is 0 Å². The molecule has 0 atom stereocenters. The van der Waals surface area contributed by atoms with E-state index in [2.05, 4.69) is 26.5 Å². The summed E-state index contributed by atoms with van der Waals surface area (Å²) in [5, 5.41) is 3.53. The van der Waals surface area contributed by atoms with E-state index in [1.807, 2.05) is 0 Å². The van der Waals surface area contributed by atoms with Gasteiger partial charge < -0.3 is 5.43 Å². The first kappa shape index (κ1) is 10.1. The smallest absolute Gasteiger partial charge is 0.149 e. The lowest BCUT2D eigenvalue weighted by Crippen LogP contribution is -1.99. The molecule has 0 aliphatic carbocycles. The first-order valence-corrected chi connectivity index (χ1v) is 4.29. The zero-order valence-corrected chi connectivity index (χ0v) is 8.40. The minimum Gasteiger partial charge on any atom is -0.313 e. The van der Waals surface area contributed by atoms with Gasteiger partial charge >= 0.3 is 0 Å². The predicted molar refractivity (Wildman–Crippen MR) is 50.7 cm³/mol. The highest BCUT2D eigenvalue weighted by atomic mass is 79.9. The molecule has 1 aromatic carbocycles. The number of hydrogen-bond donors (Lipinski definition) is 1. The third-order valence-corrected chi connectivity index (χ3v) is 2.01. The summed E-state index contributed by atoms with van der Waals surface area (Å²) in [6.45, 7) is 0. The van der Waals surface area contributed by atoms with Crippen molar-refractivity contribution < 1.29 is 8.78 Å². The van der Waals surface area contributed by atoms with Crippen LogP contribution in [0.25, 0.3) is 0 Å². The highest BCUT2D eigenvalue weighted by Gasteiger charge is 2.09. The Kier molecular flexibility index (Phi) is 3.36. The van der Waals surface area contributed by atoms with Crippen molar-refractivity contribution in [2.24, 2.45) is 5.10 Å². The normalized spacial score (nSPS) is 10.8. The minimum atomic E-state index is -0.654. The topological polar surface area (TPSA) is 24.4 Å². The number of benzene rings is 1. The van der Waals surface area contributed by atoms with Gasteiger partial charge in [0.1, 0.15) is 11.6 Å². The Hall–Kier alpha value is -0.970. The summed E-state index contributed by atoms with van der Waals surface area (Å²) < 4.78 is 26.4. The van der Waals surface area contributed by atoms with Crippen molar-refractivity contribution in [2.45, 2.75) is 0 Å². The maximum atomic E-state index is 13.2. The molecule has 5 heteroatoms. The van der Waals surface area contributed by atoms with Crippen LogP contribution in [-0.4, -0.2) is 13.3 Å². The lowest BCUT2D eigenvalue weighted by Gasteiger charge is -2.00. The maximum absolute atomic E-state index is 13.2. The van der Waals surface area contributed by atoms with Gasteiger partial charge in [-0.25, -0.2) is 8.78 Å². The summed E-state index contributed by atoms with van der Waals surface area (Å²) in [7, 11) is 1.55. The van der Waals surface area contributed by atoms with E-state index in [0.717, 1.165) is 6.21 Å². The van der Waals surface area contributed by atoms with Crippen molar-refractivity contribution in [1.82, 2.24) is 5.43 Å². The third kappa shape index (κ3) is 2.24. The molecule has 0 radical (unpaired) electrons. The van der Waals surface area contributed by atoms with Crippen molar-refractivity contribution in [3.63, 3.8) is 0 Å². The Labute approximate surface area is 82.8 Å². The zero-order valence-electron chi connectivity index (χ0n) is 6.81. The Morgan fingerprint density at radius 3 is 2.77 bits per heavy atom. The molecule has 0 unspecified atom stereocenters. The van der Waals surface area contributed by atoms with E-state index in [9.17, 15) is 8.78 Å². The first-order valence-electron chi connectivity index (χ1n) is 3.50. The summed E-state index contributed by atoms with van der Waals surface area (Å²) in [5.74, 6) is -1.29. The quantitative estimate of drug-likeness (QED) is 0.485. The Balaban J connectivity index is 3.17. The van der Waals surface area contributed by atoms with Crippen LogP contribution in [0, 0.1) is 11.6 Å². The van der Waals surface area contributed by atoms with E-state index in [0.29, 0.717) is 0 Å². The molecule has 0 aliphatic heterocycles. The zero-order chi connectivity index (χ0) is 9.84. The fourth-order valence-electron chi connectivity index (χ4n) is 0.790. The van der Waals surface area contributed by atoms with Crippen molar-refractivity contribution >= 4 is 22.1 Å². The van der Waals surface area contributed by atoms with E-state index in [1.165, 1.54) is 12.1 Å². The van der Waals surface area contributed by atoms with Gasteiger partial charge in [-0.3, -0.25) is 0 Å². The number of hydrogen-bond acceptors (Lipinski definition) is 2. The molecule has 1 N–H and O–H groups in total. The molecule has 0 amide bonds. The van der Waals surface area contributed by atoms with Gasteiger partial charge in [0, 0.05) is 7.05 Å². The molecule has 0 bridgehead atoms. The average molecular weight is 249 g/mol. The molecule has 1 aromatic rings. The highest BCUT2D eigenvalue weighted by molar-refractivity contribution is 9.10. The number of nitrogens with zero attached hydrogens (tertiary/aromatic N) is 1. The number of halogens is 3. The summed E-state index contributed by atoms with van der Waals surface area (Å²) in [5.41, 5.74) is 2.25. The molecule has 1 rings (SSSR count). The molecule has 0 saturated heterocycles. The molecule has 0 heterocycles. The second-order valence-electron chi connectivity index (χ2n) is 2.24. The van der Waals surface area contributed by atoms with Crippen molar-refractivity contribution in [3.05, 3.63) is 33.8 Å². The number of hydrazone groups is 1. The van der Waals surface area contributed by atoms with Crippen LogP contribution < -0.4 is 5.43 Å². The van der Waals surface area contributed by atoms with Crippen molar-refractivity contribution in [2.75, 3.05) is 7.05 Å². The second kappa shape index (κ2) is 4.32. The predicted octanol–water partition coefficient (Wildman–Crippen LogP) is 2.28. The van der Waals surface area contributed by atoms with E-state index in [4.69, 9.17) is 0 Å². The Morgan fingerprint density at radius 1 is 1.46 bits per heavy atom. The monoisotopic (exact) mass is 248 g/mol. The summed E-state index contributed by atoms with van der Waals surface area (Å²) in [6.07, 6.45) is 1.09. The van der Waals surface area contributed by atoms with Gasteiger partial charge in [-0.2, -0.15) is 5.10 Å². The molecule has 0 aliphatic rings. The fourth-order valence-corrected chi connectivity index (χ4v) is 1.14. The average Bonchev–Trinajstić information content (AvgIpc) is 2.12. The molecular formula is C8H7BrF2N2. The lowest BCUT2D eigenvalue weighted by atomic mass is 10.2. The summed E-state index contributed by atoms with van der Waals surface area (Å²) >= 11 is 2.95. The SMILES string of the molecule is CN/N=C/c1c(F)ccc(Br)c1F. The van der Waals surface area contributed by atoms with Crippen LogP contribution >= 0.6 is 15.9 Å². The van der Waals surface area contributed by atoms with Crippen LogP contribution in [0.2, 0.25) is 0 Å². The minimum absolute atomic E-state index is 0.163. The Bertz CT molecular complexity index is 339. The van der Waals surface area contributed by atoms with Crippen molar-refractivity contribution in [1.29, 1.82) is 0 Å². The molecule has 2 nitrogen and oxygen atoms in total. The van der Waals surface area contributed by atoms with E-state index in [-0.39, 0.29) is 10.0 Å². The molecule has 70 valence electrons. The van der Waals surface area contributed by atoms with Gasteiger partial charge in [0.2, 0.25) is 0 Å². The maximum Gasteiger partial charge on any atom is 0.149 e. The molecule has 0 fully saturated rings. The number of nitrogens with one attached hydrogen (secondary N) is 1. The second-order valence-corrected chi connectivity index (χ2v) is 3.09. The lowest BCUT2D eigenvalue weighted by molar-refractivity contribution is 0.575. The van der Waals surface area contributed by atoms with Crippen LogP contribution in [0.4, 0.5) is 8.78 Å². The van der Waals surface area contributed by atoms with Crippen LogP contribution in [0.3, 0.4) is 0 Å². The van der Waals surface area contributed by atoms with Crippen LogP contribution in [-0.2, 0) is 0 Å². The van der Waals surface area contributed by atoms with E-state index in [1.54, 1.807) is 7.05 Å². The van der Waals surface area contributed by atoms with Gasteiger partial charge in [0.15, 0.2) is 0 Å². The van der Waals surface area contributed by atoms with E-state index >= 15 is 0 Å². The van der Waals surface area contributed by atoms with Gasteiger partial charge in [-0.1, -0.05) is 0 Å². The van der Waals surface area contributed by atoms with Gasteiger partial charge in [-0.15, -0.1) is 0 Å². The van der Waals surface area contributed by atoms with Crippen molar-refractivity contribution in [3.8, 4) is 0 Å².